The monoisotopic (exact) mass is 502 g/mol. The van der Waals surface area contributed by atoms with Crippen molar-refractivity contribution in [1.82, 2.24) is 19.9 Å². The molecule has 0 bridgehead atoms. The fourth-order valence-electron chi connectivity index (χ4n) is 5.55. The van der Waals surface area contributed by atoms with Gasteiger partial charge in [-0.2, -0.15) is 0 Å². The summed E-state index contributed by atoms with van der Waals surface area (Å²) >= 11 is 0. The van der Waals surface area contributed by atoms with E-state index < -0.39 is 5.60 Å². The van der Waals surface area contributed by atoms with Crippen LogP contribution in [0.15, 0.2) is 95.5 Å². The summed E-state index contributed by atoms with van der Waals surface area (Å²) in [5, 5.41) is 24.4. The second-order valence-corrected chi connectivity index (χ2v) is 10.1. The predicted molar refractivity (Wildman–Crippen MR) is 146 cm³/mol. The molecule has 38 heavy (non-hydrogen) atoms. The topological polar surface area (TPSA) is 84.4 Å². The van der Waals surface area contributed by atoms with Gasteiger partial charge in [0.25, 0.3) is 0 Å². The number of furan rings is 1. The quantitative estimate of drug-likeness (QED) is 0.350. The smallest absolute Gasteiger partial charge is 0.226 e. The van der Waals surface area contributed by atoms with Crippen LogP contribution in [0.3, 0.4) is 0 Å². The van der Waals surface area contributed by atoms with Gasteiger partial charge in [-0.05, 0) is 48.1 Å². The molecule has 7 nitrogen and oxygen atoms in total. The van der Waals surface area contributed by atoms with Gasteiger partial charge in [-0.15, -0.1) is 5.10 Å². The van der Waals surface area contributed by atoms with E-state index in [2.05, 4.69) is 28.5 Å². The third-order valence-corrected chi connectivity index (χ3v) is 7.72. The first-order valence-corrected chi connectivity index (χ1v) is 12.9. The minimum absolute atomic E-state index is 0.0543. The minimum atomic E-state index is -1.12. The van der Waals surface area contributed by atoms with Gasteiger partial charge in [-0.3, -0.25) is 4.79 Å². The molecule has 1 aliphatic rings. The van der Waals surface area contributed by atoms with Crippen molar-refractivity contribution in [2.24, 2.45) is 0 Å². The summed E-state index contributed by atoms with van der Waals surface area (Å²) in [5.41, 5.74) is 2.96. The van der Waals surface area contributed by atoms with Crippen molar-refractivity contribution in [2.75, 3.05) is 13.1 Å². The number of amides is 1. The van der Waals surface area contributed by atoms with Crippen LogP contribution in [0.25, 0.3) is 38.4 Å². The summed E-state index contributed by atoms with van der Waals surface area (Å²) < 4.78 is 7.63. The molecule has 3 heterocycles. The third kappa shape index (κ3) is 3.83. The lowest BCUT2D eigenvalue weighted by atomic mass is 9.88. The first kappa shape index (κ1) is 22.7. The van der Waals surface area contributed by atoms with Crippen molar-refractivity contribution >= 4 is 38.6 Å². The number of carbonyl (C=O) groups excluding carboxylic acids is 1. The number of aromatic nitrogens is 3. The van der Waals surface area contributed by atoms with Gasteiger partial charge in [0.2, 0.25) is 5.91 Å². The van der Waals surface area contributed by atoms with Crippen molar-refractivity contribution < 1.29 is 14.3 Å². The molecular weight excluding hydrogens is 476 g/mol. The highest BCUT2D eigenvalue weighted by Crippen LogP contribution is 2.33. The Morgan fingerprint density at radius 2 is 1.61 bits per heavy atom. The molecule has 2 aromatic heterocycles. The van der Waals surface area contributed by atoms with Gasteiger partial charge in [-0.25, -0.2) is 4.68 Å². The third-order valence-electron chi connectivity index (χ3n) is 7.72. The summed E-state index contributed by atoms with van der Waals surface area (Å²) in [6.45, 7) is 0.931. The average Bonchev–Trinajstić information content (AvgIpc) is 3.59. The number of hydrogen-bond acceptors (Lipinski definition) is 5. The molecule has 6 aromatic rings. The second-order valence-electron chi connectivity index (χ2n) is 10.1. The summed E-state index contributed by atoms with van der Waals surface area (Å²) in [7, 11) is 0. The number of fused-ring (bicyclic) bond motifs is 4. The SMILES string of the molecule is O=C(Cc1ccc2oc3ccccc3c2c1)N1CCC(O)(c2cn(-c3cccc4ccccc34)nn2)CC1. The van der Waals surface area contributed by atoms with E-state index in [1.807, 2.05) is 77.8 Å². The van der Waals surface area contributed by atoms with Gasteiger partial charge >= 0.3 is 0 Å². The first-order chi connectivity index (χ1) is 18.6. The van der Waals surface area contributed by atoms with Gasteiger partial charge in [0.15, 0.2) is 0 Å². The highest BCUT2D eigenvalue weighted by Gasteiger charge is 2.38. The summed E-state index contributed by atoms with van der Waals surface area (Å²) in [5.74, 6) is 0.0543. The molecule has 0 radical (unpaired) electrons. The molecule has 188 valence electrons. The Morgan fingerprint density at radius 1 is 0.868 bits per heavy atom. The normalized spacial score (nSPS) is 15.4. The van der Waals surface area contributed by atoms with E-state index in [1.165, 1.54) is 0 Å². The van der Waals surface area contributed by atoms with Gasteiger partial charge < -0.3 is 14.4 Å². The molecule has 4 aromatic carbocycles. The van der Waals surface area contributed by atoms with Crippen LogP contribution in [0.5, 0.6) is 0 Å². The van der Waals surface area contributed by atoms with Crippen molar-refractivity contribution in [3.63, 3.8) is 0 Å². The van der Waals surface area contributed by atoms with Crippen LogP contribution in [0.4, 0.5) is 0 Å². The fraction of sp³-hybridized carbons (Fsp3) is 0.194. The van der Waals surface area contributed by atoms with E-state index in [9.17, 15) is 9.90 Å². The maximum atomic E-state index is 13.2. The Balaban J connectivity index is 1.06. The maximum Gasteiger partial charge on any atom is 0.226 e. The van der Waals surface area contributed by atoms with Crippen LogP contribution < -0.4 is 0 Å². The lowest BCUT2D eigenvalue weighted by Gasteiger charge is -2.37. The number of likely N-dealkylation sites (tertiary alicyclic amines) is 1. The molecule has 0 aliphatic carbocycles. The van der Waals surface area contributed by atoms with E-state index in [0.29, 0.717) is 38.0 Å². The van der Waals surface area contributed by atoms with E-state index in [-0.39, 0.29) is 5.91 Å². The van der Waals surface area contributed by atoms with Crippen LogP contribution in [-0.2, 0) is 16.8 Å². The molecular formula is C31H26N4O3. The van der Waals surface area contributed by atoms with Crippen LogP contribution >= 0.6 is 0 Å². The zero-order chi connectivity index (χ0) is 25.7. The van der Waals surface area contributed by atoms with E-state index in [0.717, 1.165) is 44.0 Å². The zero-order valence-corrected chi connectivity index (χ0v) is 20.7. The molecule has 7 heteroatoms. The lowest BCUT2D eigenvalue weighted by molar-refractivity contribution is -0.135. The zero-order valence-electron chi connectivity index (χ0n) is 20.7. The number of nitrogens with zero attached hydrogens (tertiary/aromatic N) is 4. The highest BCUT2D eigenvalue weighted by atomic mass is 16.3. The number of hydrogen-bond donors (Lipinski definition) is 1. The van der Waals surface area contributed by atoms with E-state index >= 15 is 0 Å². The van der Waals surface area contributed by atoms with Crippen LogP contribution in [-0.4, -0.2) is 44.0 Å². The summed E-state index contributed by atoms with van der Waals surface area (Å²) in [6.07, 6.45) is 2.95. The van der Waals surface area contributed by atoms with Gasteiger partial charge in [-0.1, -0.05) is 65.9 Å². The van der Waals surface area contributed by atoms with Crippen molar-refractivity contribution in [1.29, 1.82) is 0 Å². The number of benzene rings is 4. The fourth-order valence-corrected chi connectivity index (χ4v) is 5.55. The standard InChI is InChI=1S/C31H26N4O3/c36-30(19-21-12-13-28-25(18-21)24-9-3-4-11-27(24)38-28)34-16-14-31(37,15-17-34)29-20-35(33-32-29)26-10-5-7-22-6-1-2-8-23(22)26/h1-13,18,20,37H,14-17,19H2. The van der Waals surface area contributed by atoms with Gasteiger partial charge in [0.1, 0.15) is 22.5 Å². The number of rotatable bonds is 4. The lowest BCUT2D eigenvalue weighted by Crippen LogP contribution is -2.45. The summed E-state index contributed by atoms with van der Waals surface area (Å²) in [4.78, 5) is 15.0. The molecule has 0 unspecified atom stereocenters. The molecule has 1 amide bonds. The average molecular weight is 503 g/mol. The number of aliphatic hydroxyl groups is 1. The first-order valence-electron chi connectivity index (χ1n) is 12.9. The Hall–Kier alpha value is -4.49. The Morgan fingerprint density at radius 3 is 2.47 bits per heavy atom. The van der Waals surface area contributed by atoms with Crippen molar-refractivity contribution in [3.05, 3.63) is 102 Å². The molecule has 1 N–H and O–H groups in total. The molecule has 1 saturated heterocycles. The Kier molecular flexibility index (Phi) is 5.26. The molecule has 1 fully saturated rings. The molecule has 1 aliphatic heterocycles. The molecule has 7 rings (SSSR count). The molecule has 0 atom stereocenters. The van der Waals surface area contributed by atoms with Crippen molar-refractivity contribution in [2.45, 2.75) is 24.9 Å². The molecule has 0 saturated carbocycles. The minimum Gasteiger partial charge on any atom is -0.456 e. The van der Waals surface area contributed by atoms with Crippen molar-refractivity contribution in [3.8, 4) is 5.69 Å². The Bertz CT molecular complexity index is 1810. The van der Waals surface area contributed by atoms with Gasteiger partial charge in [0, 0.05) is 29.2 Å². The van der Waals surface area contributed by atoms with Crippen LogP contribution in [0.1, 0.15) is 24.1 Å². The number of para-hydroxylation sites is 1. The van der Waals surface area contributed by atoms with Gasteiger partial charge in [0.05, 0.1) is 18.3 Å². The van der Waals surface area contributed by atoms with Crippen LogP contribution in [0.2, 0.25) is 0 Å². The van der Waals surface area contributed by atoms with E-state index in [1.54, 1.807) is 4.68 Å². The summed E-state index contributed by atoms with van der Waals surface area (Å²) in [6, 6.07) is 28.0. The second kappa shape index (κ2) is 8.82. The Labute approximate surface area is 218 Å². The largest absolute Gasteiger partial charge is 0.456 e. The number of piperidine rings is 1. The maximum absolute atomic E-state index is 13.2. The predicted octanol–water partition coefficient (Wildman–Crippen LogP) is 5.37. The highest BCUT2D eigenvalue weighted by molar-refractivity contribution is 6.05. The molecule has 0 spiro atoms. The number of carbonyl (C=O) groups is 1. The van der Waals surface area contributed by atoms with E-state index in [4.69, 9.17) is 4.42 Å². The van der Waals surface area contributed by atoms with Crippen LogP contribution in [0, 0.1) is 0 Å².